The molecule has 0 amide bonds. The molecule has 0 radical (unpaired) electrons. The Kier molecular flexibility index (Phi) is 2.88. The minimum Gasteiger partial charge on any atom is -0.244 e. The van der Waals surface area contributed by atoms with Gasteiger partial charge in [-0.1, -0.05) is 24.3 Å². The number of halogens is 2. The van der Waals surface area contributed by atoms with Crippen LogP contribution in [0.2, 0.25) is 0 Å². The largest absolute Gasteiger partial charge is 0.244 e. The summed E-state index contributed by atoms with van der Waals surface area (Å²) in [7, 11) is 0. The van der Waals surface area contributed by atoms with E-state index in [0.29, 0.717) is 28.1 Å². The van der Waals surface area contributed by atoms with Crippen LogP contribution in [0.25, 0.3) is 27.9 Å². The Morgan fingerprint density at radius 3 is 1.96 bits per heavy atom. The molecule has 0 atom stereocenters. The number of aromatic nitrogens is 2. The molecule has 1 aliphatic rings. The molecule has 112 valence electrons. The topological polar surface area (TPSA) is 73.4 Å². The van der Waals surface area contributed by atoms with E-state index in [1.807, 2.05) is 12.1 Å². The molecule has 0 spiro atoms. The lowest BCUT2D eigenvalue weighted by Crippen LogP contribution is -1.96. The van der Waals surface area contributed by atoms with Gasteiger partial charge >= 0.3 is 0 Å². The first-order valence-electron chi connectivity index (χ1n) is 6.95. The summed E-state index contributed by atoms with van der Waals surface area (Å²) in [5.41, 5.74) is 2.76. The summed E-state index contributed by atoms with van der Waals surface area (Å²) < 4.78 is 27.0. The van der Waals surface area contributed by atoms with Gasteiger partial charge in [0, 0.05) is 23.3 Å². The summed E-state index contributed by atoms with van der Waals surface area (Å²) in [6, 6.07) is 12.8. The van der Waals surface area contributed by atoms with Gasteiger partial charge < -0.3 is 0 Å². The van der Waals surface area contributed by atoms with E-state index in [4.69, 9.17) is 0 Å². The molecule has 1 aliphatic carbocycles. The van der Waals surface area contributed by atoms with E-state index in [2.05, 4.69) is 9.97 Å². The van der Waals surface area contributed by atoms with E-state index in [9.17, 15) is 19.3 Å². The monoisotopic (exact) mass is 316 g/mol. The third kappa shape index (κ3) is 1.81. The second-order valence-corrected chi connectivity index (χ2v) is 5.20. The summed E-state index contributed by atoms with van der Waals surface area (Å²) in [6.07, 6.45) is 0. The van der Waals surface area contributed by atoms with Crippen molar-refractivity contribution in [3.8, 4) is 23.4 Å². The van der Waals surface area contributed by atoms with Gasteiger partial charge in [-0.25, -0.2) is 18.7 Å². The minimum atomic E-state index is -1.03. The van der Waals surface area contributed by atoms with Gasteiger partial charge in [0.25, 0.3) is 0 Å². The van der Waals surface area contributed by atoms with Gasteiger partial charge in [0.15, 0.2) is 11.6 Å². The average molecular weight is 316 g/mol. The number of nitriles is 2. The van der Waals surface area contributed by atoms with Crippen molar-refractivity contribution in [3.05, 3.63) is 64.9 Å². The summed E-state index contributed by atoms with van der Waals surface area (Å²) in [5.74, 6) is -2.04. The van der Waals surface area contributed by atoms with Crippen LogP contribution in [-0.4, -0.2) is 9.97 Å². The third-order valence-electron chi connectivity index (χ3n) is 3.87. The summed E-state index contributed by atoms with van der Waals surface area (Å²) in [4.78, 5) is 8.72. The molecular formula is C18H6F2N4. The SMILES string of the molecule is N#CC(C#N)=C1c2ccccc2-c2nc3cc(F)c(F)cc3nc21. The first-order chi connectivity index (χ1) is 11.6. The Morgan fingerprint density at radius 1 is 0.833 bits per heavy atom. The van der Waals surface area contributed by atoms with E-state index in [-0.39, 0.29) is 16.6 Å². The van der Waals surface area contributed by atoms with Crippen LogP contribution >= 0.6 is 0 Å². The van der Waals surface area contributed by atoms with Gasteiger partial charge in [0.05, 0.1) is 22.4 Å². The normalized spacial score (nSPS) is 11.6. The predicted molar refractivity (Wildman–Crippen MR) is 82.1 cm³/mol. The zero-order valence-electron chi connectivity index (χ0n) is 12.0. The van der Waals surface area contributed by atoms with Gasteiger partial charge in [0.2, 0.25) is 0 Å². The van der Waals surface area contributed by atoms with E-state index in [0.717, 1.165) is 12.1 Å². The lowest BCUT2D eigenvalue weighted by atomic mass is 10.0. The first-order valence-corrected chi connectivity index (χ1v) is 6.95. The molecule has 0 unspecified atom stereocenters. The molecule has 4 nitrogen and oxygen atoms in total. The molecule has 4 rings (SSSR count). The highest BCUT2D eigenvalue weighted by Gasteiger charge is 2.29. The van der Waals surface area contributed by atoms with Gasteiger partial charge in [-0.05, 0) is 5.56 Å². The molecule has 0 saturated carbocycles. The fraction of sp³-hybridized carbons (Fsp3) is 0. The van der Waals surface area contributed by atoms with Crippen LogP contribution in [0.15, 0.2) is 42.0 Å². The molecule has 0 saturated heterocycles. The van der Waals surface area contributed by atoms with Crippen LogP contribution in [0.5, 0.6) is 0 Å². The minimum absolute atomic E-state index is 0.0996. The van der Waals surface area contributed by atoms with Crippen LogP contribution in [-0.2, 0) is 0 Å². The fourth-order valence-electron chi connectivity index (χ4n) is 2.84. The molecule has 1 aromatic heterocycles. The Hall–Kier alpha value is -3.64. The van der Waals surface area contributed by atoms with Crippen molar-refractivity contribution in [1.29, 1.82) is 10.5 Å². The maximum Gasteiger partial charge on any atom is 0.161 e. The van der Waals surface area contributed by atoms with Gasteiger partial charge in [-0.2, -0.15) is 10.5 Å². The number of nitrogens with zero attached hydrogens (tertiary/aromatic N) is 4. The highest BCUT2D eigenvalue weighted by molar-refractivity contribution is 6.03. The molecule has 1 heterocycles. The molecule has 3 aromatic rings. The molecule has 6 heteroatoms. The van der Waals surface area contributed by atoms with Gasteiger partial charge in [-0.3, -0.25) is 0 Å². The van der Waals surface area contributed by atoms with Crippen LogP contribution in [0.1, 0.15) is 11.3 Å². The maximum atomic E-state index is 13.5. The standard InChI is InChI=1S/C18H6F2N4/c19-12-5-14-15(6-13(12)20)24-18-16(9(7-21)8-22)10-3-1-2-4-11(10)17(18)23-14/h1-6H. The molecule has 0 bridgehead atoms. The first kappa shape index (κ1) is 14.0. The fourth-order valence-corrected chi connectivity index (χ4v) is 2.84. The van der Waals surface area contributed by atoms with Crippen molar-refractivity contribution in [2.75, 3.05) is 0 Å². The Bertz CT molecular complexity index is 1130. The Morgan fingerprint density at radius 2 is 1.38 bits per heavy atom. The van der Waals surface area contributed by atoms with Crippen molar-refractivity contribution in [2.45, 2.75) is 0 Å². The molecular weight excluding hydrogens is 310 g/mol. The van der Waals surface area contributed by atoms with Crippen molar-refractivity contribution in [2.24, 2.45) is 0 Å². The number of allylic oxidation sites excluding steroid dienone is 1. The smallest absolute Gasteiger partial charge is 0.161 e. The van der Waals surface area contributed by atoms with Crippen LogP contribution in [0, 0.1) is 34.3 Å². The second kappa shape index (κ2) is 4.94. The molecule has 0 N–H and O–H groups in total. The zero-order valence-corrected chi connectivity index (χ0v) is 12.0. The molecule has 2 aromatic carbocycles. The summed E-state index contributed by atoms with van der Waals surface area (Å²) >= 11 is 0. The van der Waals surface area contributed by atoms with E-state index >= 15 is 0 Å². The molecule has 24 heavy (non-hydrogen) atoms. The van der Waals surface area contributed by atoms with Crippen molar-refractivity contribution in [1.82, 2.24) is 9.97 Å². The van der Waals surface area contributed by atoms with Crippen LogP contribution in [0.4, 0.5) is 8.78 Å². The lowest BCUT2D eigenvalue weighted by Gasteiger charge is -2.04. The van der Waals surface area contributed by atoms with E-state index in [1.54, 1.807) is 24.3 Å². The number of hydrogen-bond donors (Lipinski definition) is 0. The number of benzene rings is 2. The van der Waals surface area contributed by atoms with Crippen LogP contribution in [0.3, 0.4) is 0 Å². The Labute approximate surface area is 134 Å². The van der Waals surface area contributed by atoms with Gasteiger partial charge in [0.1, 0.15) is 17.7 Å². The lowest BCUT2D eigenvalue weighted by molar-refractivity contribution is 0.510. The zero-order chi connectivity index (χ0) is 16.8. The van der Waals surface area contributed by atoms with Gasteiger partial charge in [-0.15, -0.1) is 0 Å². The molecule has 0 aliphatic heterocycles. The molecule has 0 fully saturated rings. The average Bonchev–Trinajstić information content (AvgIpc) is 2.90. The third-order valence-corrected chi connectivity index (χ3v) is 3.87. The number of rotatable bonds is 0. The number of hydrogen-bond acceptors (Lipinski definition) is 4. The van der Waals surface area contributed by atoms with Crippen LogP contribution < -0.4 is 0 Å². The quantitative estimate of drug-likeness (QED) is 0.463. The van der Waals surface area contributed by atoms with E-state index in [1.165, 1.54) is 0 Å². The summed E-state index contributed by atoms with van der Waals surface area (Å²) in [6.45, 7) is 0. The summed E-state index contributed by atoms with van der Waals surface area (Å²) in [5, 5.41) is 18.5. The highest BCUT2D eigenvalue weighted by atomic mass is 19.2. The van der Waals surface area contributed by atoms with Crippen molar-refractivity contribution in [3.63, 3.8) is 0 Å². The Balaban J connectivity index is 2.17. The van der Waals surface area contributed by atoms with Crippen molar-refractivity contribution < 1.29 is 8.78 Å². The predicted octanol–water partition coefficient (Wildman–Crippen LogP) is 3.74. The second-order valence-electron chi connectivity index (χ2n) is 5.20. The highest BCUT2D eigenvalue weighted by Crippen LogP contribution is 2.44. The number of fused-ring (bicyclic) bond motifs is 4. The van der Waals surface area contributed by atoms with E-state index < -0.39 is 11.6 Å². The van der Waals surface area contributed by atoms with Crippen molar-refractivity contribution >= 4 is 16.6 Å². The maximum absolute atomic E-state index is 13.5.